The van der Waals surface area contributed by atoms with Gasteiger partial charge in [-0.3, -0.25) is 9.59 Å². The second kappa shape index (κ2) is 3.95. The summed E-state index contributed by atoms with van der Waals surface area (Å²) in [7, 11) is 0. The number of benzene rings is 2. The molecular formula is C15H13NO2. The molecule has 0 saturated carbocycles. The summed E-state index contributed by atoms with van der Waals surface area (Å²) in [5.74, 6) is 0.105. The molecule has 0 N–H and O–H groups in total. The Hall–Kier alpha value is -2.16. The number of carbonyl (C=O) groups is 2. The van der Waals surface area contributed by atoms with Crippen molar-refractivity contribution in [2.24, 2.45) is 0 Å². The van der Waals surface area contributed by atoms with Crippen LogP contribution in [-0.4, -0.2) is 18.2 Å². The molecule has 3 heteroatoms. The highest BCUT2D eigenvalue weighted by Gasteiger charge is 2.26. The number of hydrogen-bond acceptors (Lipinski definition) is 2. The molecule has 0 spiro atoms. The van der Waals surface area contributed by atoms with Crippen LogP contribution in [-0.2, 0) is 4.79 Å². The predicted molar refractivity (Wildman–Crippen MR) is 70.9 cm³/mol. The third-order valence-corrected chi connectivity index (χ3v) is 3.41. The number of fused-ring (bicyclic) bond motifs is 3. The van der Waals surface area contributed by atoms with Gasteiger partial charge in [-0.05, 0) is 11.5 Å². The largest absolute Gasteiger partial charge is 0.311 e. The Bertz CT molecular complexity index is 661. The zero-order valence-corrected chi connectivity index (χ0v) is 10.1. The third kappa shape index (κ3) is 1.51. The molecule has 18 heavy (non-hydrogen) atoms. The van der Waals surface area contributed by atoms with E-state index in [4.69, 9.17) is 0 Å². The summed E-state index contributed by atoms with van der Waals surface area (Å²) in [4.78, 5) is 25.4. The Morgan fingerprint density at radius 1 is 1.17 bits per heavy atom. The van der Waals surface area contributed by atoms with Crippen molar-refractivity contribution in [2.45, 2.75) is 13.3 Å². The van der Waals surface area contributed by atoms with Crippen LogP contribution in [0, 0.1) is 0 Å². The Kier molecular flexibility index (Phi) is 2.40. The van der Waals surface area contributed by atoms with Gasteiger partial charge in [-0.15, -0.1) is 0 Å². The van der Waals surface area contributed by atoms with Crippen LogP contribution in [0.5, 0.6) is 0 Å². The normalized spacial score (nSPS) is 14.7. The van der Waals surface area contributed by atoms with Crippen molar-refractivity contribution in [3.63, 3.8) is 0 Å². The van der Waals surface area contributed by atoms with Gasteiger partial charge in [0, 0.05) is 30.8 Å². The number of ketones is 1. The molecule has 3 nitrogen and oxygen atoms in total. The average molecular weight is 239 g/mol. The summed E-state index contributed by atoms with van der Waals surface area (Å²) >= 11 is 0. The lowest BCUT2D eigenvalue weighted by Gasteiger charge is -2.29. The smallest absolute Gasteiger partial charge is 0.223 e. The number of Topliss-reactive ketones (excluding diaryl/α,β-unsaturated/α-hetero) is 1. The fraction of sp³-hybridized carbons (Fsp3) is 0.200. The minimum Gasteiger partial charge on any atom is -0.311 e. The highest BCUT2D eigenvalue weighted by atomic mass is 16.2. The van der Waals surface area contributed by atoms with Crippen LogP contribution in [0.3, 0.4) is 0 Å². The first-order valence-electron chi connectivity index (χ1n) is 6.01. The van der Waals surface area contributed by atoms with Gasteiger partial charge < -0.3 is 4.90 Å². The van der Waals surface area contributed by atoms with Crippen molar-refractivity contribution in [1.29, 1.82) is 0 Å². The van der Waals surface area contributed by atoms with Gasteiger partial charge in [-0.1, -0.05) is 30.3 Å². The first-order chi connectivity index (χ1) is 8.68. The first-order valence-corrected chi connectivity index (χ1v) is 6.01. The van der Waals surface area contributed by atoms with Crippen LogP contribution < -0.4 is 4.90 Å². The van der Waals surface area contributed by atoms with E-state index in [1.54, 1.807) is 11.8 Å². The van der Waals surface area contributed by atoms with Gasteiger partial charge in [0.1, 0.15) is 0 Å². The van der Waals surface area contributed by atoms with Crippen molar-refractivity contribution < 1.29 is 9.59 Å². The monoisotopic (exact) mass is 239 g/mol. The van der Waals surface area contributed by atoms with E-state index in [1.165, 1.54) is 0 Å². The van der Waals surface area contributed by atoms with Gasteiger partial charge in [-0.25, -0.2) is 0 Å². The van der Waals surface area contributed by atoms with Crippen molar-refractivity contribution >= 4 is 28.2 Å². The van der Waals surface area contributed by atoms with Gasteiger partial charge in [0.25, 0.3) is 0 Å². The zero-order chi connectivity index (χ0) is 12.7. The highest BCUT2D eigenvalue weighted by molar-refractivity contribution is 6.15. The van der Waals surface area contributed by atoms with Crippen molar-refractivity contribution in [3.8, 4) is 0 Å². The van der Waals surface area contributed by atoms with E-state index in [2.05, 4.69) is 0 Å². The lowest BCUT2D eigenvalue weighted by atomic mass is 9.95. The molecule has 90 valence electrons. The fourth-order valence-electron chi connectivity index (χ4n) is 2.55. The van der Waals surface area contributed by atoms with Crippen LogP contribution in [0.15, 0.2) is 36.4 Å². The van der Waals surface area contributed by atoms with Crippen LogP contribution in [0.4, 0.5) is 5.69 Å². The highest BCUT2D eigenvalue weighted by Crippen LogP contribution is 2.34. The van der Waals surface area contributed by atoms with E-state index in [-0.39, 0.29) is 11.7 Å². The number of nitrogens with zero attached hydrogens (tertiary/aromatic N) is 1. The summed E-state index contributed by atoms with van der Waals surface area (Å²) in [5, 5.41) is 2.02. The molecule has 1 amide bonds. The first kappa shape index (κ1) is 11.0. The summed E-state index contributed by atoms with van der Waals surface area (Å²) in [5.41, 5.74) is 1.44. The van der Waals surface area contributed by atoms with E-state index in [0.717, 1.165) is 16.5 Å². The van der Waals surface area contributed by atoms with E-state index >= 15 is 0 Å². The summed E-state index contributed by atoms with van der Waals surface area (Å²) < 4.78 is 0. The molecule has 1 aliphatic rings. The van der Waals surface area contributed by atoms with E-state index < -0.39 is 0 Å². The molecule has 0 atom stereocenters. The van der Waals surface area contributed by atoms with Crippen molar-refractivity contribution in [3.05, 3.63) is 42.0 Å². The molecule has 0 radical (unpaired) electrons. The molecule has 0 aromatic heterocycles. The molecule has 0 unspecified atom stereocenters. The van der Waals surface area contributed by atoms with Gasteiger partial charge in [-0.2, -0.15) is 0 Å². The molecule has 1 aliphatic heterocycles. The zero-order valence-electron chi connectivity index (χ0n) is 10.1. The molecule has 0 bridgehead atoms. The third-order valence-electron chi connectivity index (χ3n) is 3.41. The second-order valence-electron chi connectivity index (χ2n) is 4.53. The predicted octanol–water partition coefficient (Wildman–Crippen LogP) is 2.78. The maximum absolute atomic E-state index is 12.0. The Labute approximate surface area is 105 Å². The van der Waals surface area contributed by atoms with Crippen molar-refractivity contribution in [2.75, 3.05) is 11.4 Å². The summed E-state index contributed by atoms with van der Waals surface area (Å²) in [6.45, 7) is 2.02. The number of anilines is 1. The molecule has 1 heterocycles. The van der Waals surface area contributed by atoms with Gasteiger partial charge >= 0.3 is 0 Å². The molecular weight excluding hydrogens is 226 g/mol. The van der Waals surface area contributed by atoms with Gasteiger partial charge in [0.05, 0.1) is 5.69 Å². The van der Waals surface area contributed by atoms with Gasteiger partial charge in [0.15, 0.2) is 5.78 Å². The maximum atomic E-state index is 12.0. The molecule has 0 aliphatic carbocycles. The van der Waals surface area contributed by atoms with E-state index in [9.17, 15) is 9.59 Å². The fourth-order valence-corrected chi connectivity index (χ4v) is 2.55. The number of rotatable bonds is 0. The Morgan fingerprint density at radius 2 is 1.94 bits per heavy atom. The topological polar surface area (TPSA) is 37.4 Å². The SMILES string of the molecule is CC(=O)N1CCC(=O)c2ccc3ccccc3c21. The number of carbonyl (C=O) groups excluding carboxylic acids is 2. The van der Waals surface area contributed by atoms with E-state index in [0.29, 0.717) is 18.5 Å². The minimum absolute atomic E-state index is 0.0138. The van der Waals surface area contributed by atoms with Crippen LogP contribution in [0.2, 0.25) is 0 Å². The molecule has 3 rings (SSSR count). The quantitative estimate of drug-likeness (QED) is 0.709. The Balaban J connectivity index is 2.37. The lowest BCUT2D eigenvalue weighted by molar-refractivity contribution is -0.116. The molecule has 0 fully saturated rings. The van der Waals surface area contributed by atoms with Crippen LogP contribution >= 0.6 is 0 Å². The summed E-state index contributed by atoms with van der Waals surface area (Å²) in [6.07, 6.45) is 0.408. The standard InChI is InChI=1S/C15H13NO2/c1-10(17)16-9-8-14(18)13-7-6-11-4-2-3-5-12(11)15(13)16/h2-7H,8-9H2,1H3. The number of amides is 1. The number of hydrogen-bond donors (Lipinski definition) is 0. The van der Waals surface area contributed by atoms with Crippen LogP contribution in [0.1, 0.15) is 23.7 Å². The Morgan fingerprint density at radius 3 is 2.72 bits per heavy atom. The lowest BCUT2D eigenvalue weighted by Crippen LogP contribution is -2.35. The summed E-state index contributed by atoms with van der Waals surface area (Å²) in [6, 6.07) is 11.6. The molecule has 2 aromatic carbocycles. The second-order valence-corrected chi connectivity index (χ2v) is 4.53. The molecule has 2 aromatic rings. The minimum atomic E-state index is -0.0138. The van der Waals surface area contributed by atoms with Crippen molar-refractivity contribution in [1.82, 2.24) is 0 Å². The molecule has 0 saturated heterocycles. The maximum Gasteiger partial charge on any atom is 0.223 e. The van der Waals surface area contributed by atoms with Gasteiger partial charge in [0.2, 0.25) is 5.91 Å². The average Bonchev–Trinajstić information content (AvgIpc) is 2.38. The van der Waals surface area contributed by atoms with E-state index in [1.807, 2.05) is 36.4 Å². The van der Waals surface area contributed by atoms with Crippen LogP contribution in [0.25, 0.3) is 10.8 Å².